The van der Waals surface area contributed by atoms with E-state index in [0.717, 1.165) is 5.56 Å². The van der Waals surface area contributed by atoms with Crippen LogP contribution >= 0.6 is 0 Å². The molecule has 7 nitrogen and oxygen atoms in total. The summed E-state index contributed by atoms with van der Waals surface area (Å²) in [5, 5.41) is 9.77. The Bertz CT molecular complexity index is 854. The summed E-state index contributed by atoms with van der Waals surface area (Å²) >= 11 is 0. The van der Waals surface area contributed by atoms with Crippen LogP contribution < -0.4 is 14.2 Å². The van der Waals surface area contributed by atoms with Gasteiger partial charge in [0.1, 0.15) is 0 Å². The topological polar surface area (TPSA) is 85.3 Å². The van der Waals surface area contributed by atoms with Crippen LogP contribution in [0.5, 0.6) is 17.2 Å². The van der Waals surface area contributed by atoms with Gasteiger partial charge in [-0.05, 0) is 29.7 Å². The van der Waals surface area contributed by atoms with Crippen LogP contribution in [0.3, 0.4) is 0 Å². The van der Waals surface area contributed by atoms with E-state index in [1.807, 2.05) is 12.1 Å². The van der Waals surface area contributed by atoms with Crippen molar-refractivity contribution >= 4 is 11.9 Å². The maximum Gasteiger partial charge on any atom is 0.331 e. The lowest BCUT2D eigenvalue weighted by Crippen LogP contribution is -2.43. The minimum atomic E-state index is -1.07. The van der Waals surface area contributed by atoms with E-state index in [-0.39, 0.29) is 5.56 Å². The zero-order chi connectivity index (χ0) is 19.6. The number of carbonyl (C=O) groups is 2. The Hall–Kier alpha value is -3.22. The summed E-state index contributed by atoms with van der Waals surface area (Å²) in [4.78, 5) is 26.5. The molecule has 1 heterocycles. The molecule has 3 rings (SSSR count). The molecular formula is C20H21NO6. The first kappa shape index (κ1) is 18.6. The average Bonchev–Trinajstić information content (AvgIpc) is 2.70. The van der Waals surface area contributed by atoms with Gasteiger partial charge in [0.15, 0.2) is 17.5 Å². The molecule has 0 saturated heterocycles. The van der Waals surface area contributed by atoms with Crippen LogP contribution in [0.15, 0.2) is 36.4 Å². The molecule has 1 amide bonds. The molecule has 1 aliphatic rings. The number of rotatable bonds is 5. The Balaban J connectivity index is 2.04. The quantitative estimate of drug-likeness (QED) is 0.869. The van der Waals surface area contributed by atoms with Crippen molar-refractivity contribution in [3.8, 4) is 17.2 Å². The molecule has 2 aromatic rings. The number of nitrogens with zero attached hydrogens (tertiary/aromatic N) is 1. The maximum absolute atomic E-state index is 13.2. The van der Waals surface area contributed by atoms with Gasteiger partial charge in [0.25, 0.3) is 5.91 Å². The normalized spacial score (nSPS) is 15.7. The largest absolute Gasteiger partial charge is 0.493 e. The first-order valence-corrected chi connectivity index (χ1v) is 8.43. The van der Waals surface area contributed by atoms with Gasteiger partial charge < -0.3 is 24.2 Å². The summed E-state index contributed by atoms with van der Waals surface area (Å²) in [6.07, 6.45) is 0.593. The molecule has 0 bridgehead atoms. The zero-order valence-electron chi connectivity index (χ0n) is 15.4. The molecule has 1 unspecified atom stereocenters. The van der Waals surface area contributed by atoms with E-state index >= 15 is 0 Å². The fourth-order valence-corrected chi connectivity index (χ4v) is 3.42. The van der Waals surface area contributed by atoms with Gasteiger partial charge in [0, 0.05) is 12.1 Å². The van der Waals surface area contributed by atoms with Crippen molar-refractivity contribution in [2.45, 2.75) is 12.5 Å². The number of fused-ring (bicyclic) bond motifs is 1. The Morgan fingerprint density at radius 2 is 1.67 bits per heavy atom. The number of hydrogen-bond donors (Lipinski definition) is 1. The molecule has 0 aromatic heterocycles. The molecule has 0 spiro atoms. The lowest BCUT2D eigenvalue weighted by molar-refractivity contribution is -0.143. The Morgan fingerprint density at radius 3 is 2.22 bits per heavy atom. The number of hydrogen-bond acceptors (Lipinski definition) is 5. The van der Waals surface area contributed by atoms with E-state index in [2.05, 4.69) is 0 Å². The monoisotopic (exact) mass is 371 g/mol. The van der Waals surface area contributed by atoms with Gasteiger partial charge >= 0.3 is 5.97 Å². The smallest absolute Gasteiger partial charge is 0.331 e. The van der Waals surface area contributed by atoms with Crippen molar-refractivity contribution in [1.29, 1.82) is 0 Å². The molecule has 0 fully saturated rings. The van der Waals surface area contributed by atoms with Crippen molar-refractivity contribution in [2.75, 3.05) is 27.9 Å². The molecule has 7 heteroatoms. The van der Waals surface area contributed by atoms with E-state index in [1.165, 1.54) is 38.4 Å². The van der Waals surface area contributed by atoms with Crippen molar-refractivity contribution in [3.63, 3.8) is 0 Å². The number of carboxylic acid groups (broad SMARTS) is 1. The lowest BCUT2D eigenvalue weighted by Gasteiger charge is -2.35. The molecule has 0 radical (unpaired) electrons. The Morgan fingerprint density at radius 1 is 1.04 bits per heavy atom. The Labute approximate surface area is 157 Å². The summed E-state index contributed by atoms with van der Waals surface area (Å²) < 4.78 is 15.9. The first-order chi connectivity index (χ1) is 13.0. The van der Waals surface area contributed by atoms with Gasteiger partial charge in [0.2, 0.25) is 5.75 Å². The molecule has 27 heavy (non-hydrogen) atoms. The molecule has 1 N–H and O–H groups in total. The third-order valence-corrected chi connectivity index (χ3v) is 4.69. The van der Waals surface area contributed by atoms with Gasteiger partial charge in [-0.1, -0.05) is 24.3 Å². The number of carboxylic acids is 1. The molecule has 1 atom stereocenters. The van der Waals surface area contributed by atoms with Crippen LogP contribution in [0.2, 0.25) is 0 Å². The highest BCUT2D eigenvalue weighted by molar-refractivity contribution is 5.98. The molecule has 142 valence electrons. The van der Waals surface area contributed by atoms with Crippen molar-refractivity contribution in [1.82, 2.24) is 4.90 Å². The lowest BCUT2D eigenvalue weighted by atomic mass is 9.92. The van der Waals surface area contributed by atoms with Crippen LogP contribution in [0, 0.1) is 0 Å². The summed E-state index contributed by atoms with van der Waals surface area (Å²) in [6.45, 7) is 0.309. The van der Waals surface area contributed by atoms with Gasteiger partial charge in [-0.2, -0.15) is 0 Å². The van der Waals surface area contributed by atoms with Gasteiger partial charge in [0.05, 0.1) is 21.3 Å². The van der Waals surface area contributed by atoms with Gasteiger partial charge in [-0.15, -0.1) is 0 Å². The van der Waals surface area contributed by atoms with E-state index in [1.54, 1.807) is 12.1 Å². The summed E-state index contributed by atoms with van der Waals surface area (Å²) in [5.41, 5.74) is 1.85. The zero-order valence-corrected chi connectivity index (χ0v) is 15.4. The van der Waals surface area contributed by atoms with Crippen LogP contribution in [0.4, 0.5) is 0 Å². The van der Waals surface area contributed by atoms with Crippen LogP contribution in [-0.2, 0) is 11.2 Å². The number of amides is 1. The molecular weight excluding hydrogens is 350 g/mol. The highest BCUT2D eigenvalue weighted by Crippen LogP contribution is 2.39. The fraction of sp³-hybridized carbons (Fsp3) is 0.300. The minimum absolute atomic E-state index is 0.273. The Kier molecular flexibility index (Phi) is 5.21. The van der Waals surface area contributed by atoms with Crippen LogP contribution in [0.25, 0.3) is 0 Å². The van der Waals surface area contributed by atoms with E-state index in [4.69, 9.17) is 14.2 Å². The second kappa shape index (κ2) is 7.57. The van der Waals surface area contributed by atoms with Gasteiger partial charge in [-0.25, -0.2) is 4.79 Å². The van der Waals surface area contributed by atoms with Crippen molar-refractivity contribution in [2.24, 2.45) is 0 Å². The molecule has 0 saturated carbocycles. The number of methoxy groups -OCH3 is 3. The average molecular weight is 371 g/mol. The highest BCUT2D eigenvalue weighted by atomic mass is 16.5. The molecule has 1 aliphatic heterocycles. The SMILES string of the molecule is COc1cc(C(=O)N2CCc3ccccc3C2C(=O)O)cc(OC)c1OC. The summed E-state index contributed by atoms with van der Waals surface area (Å²) in [7, 11) is 4.40. The summed E-state index contributed by atoms with van der Waals surface area (Å²) in [5.74, 6) is -0.427. The predicted molar refractivity (Wildman–Crippen MR) is 97.7 cm³/mol. The van der Waals surface area contributed by atoms with Gasteiger partial charge in [-0.3, -0.25) is 4.79 Å². The molecule has 2 aromatic carbocycles. The first-order valence-electron chi connectivity index (χ1n) is 8.43. The van der Waals surface area contributed by atoms with E-state index in [0.29, 0.717) is 35.8 Å². The van der Waals surface area contributed by atoms with Crippen LogP contribution in [-0.4, -0.2) is 49.8 Å². The maximum atomic E-state index is 13.2. The number of ether oxygens (including phenoxy) is 3. The second-order valence-electron chi connectivity index (χ2n) is 6.10. The fourth-order valence-electron chi connectivity index (χ4n) is 3.42. The number of benzene rings is 2. The number of carbonyl (C=O) groups excluding carboxylic acids is 1. The third kappa shape index (κ3) is 3.28. The van der Waals surface area contributed by atoms with Crippen LogP contribution in [0.1, 0.15) is 27.5 Å². The second-order valence-corrected chi connectivity index (χ2v) is 6.10. The molecule has 0 aliphatic carbocycles. The standard InChI is InChI=1S/C20H21NO6/c1-25-15-10-13(11-16(26-2)18(15)27-3)19(22)21-9-8-12-6-4-5-7-14(12)17(21)20(23)24/h4-7,10-11,17H,8-9H2,1-3H3,(H,23,24). The summed E-state index contributed by atoms with van der Waals surface area (Å²) in [6, 6.07) is 9.32. The van der Waals surface area contributed by atoms with Crippen molar-refractivity contribution < 1.29 is 28.9 Å². The van der Waals surface area contributed by atoms with E-state index < -0.39 is 17.9 Å². The predicted octanol–water partition coefficient (Wildman–Crippen LogP) is 2.54. The van der Waals surface area contributed by atoms with E-state index in [9.17, 15) is 14.7 Å². The van der Waals surface area contributed by atoms with Crippen molar-refractivity contribution in [3.05, 3.63) is 53.1 Å². The highest BCUT2D eigenvalue weighted by Gasteiger charge is 2.36. The minimum Gasteiger partial charge on any atom is -0.493 e. The number of aliphatic carboxylic acids is 1. The third-order valence-electron chi connectivity index (χ3n) is 4.69.